The Hall–Kier alpha value is -1.62. The molecule has 0 aliphatic carbocycles. The van der Waals surface area contributed by atoms with Gasteiger partial charge in [-0.05, 0) is 32.9 Å². The van der Waals surface area contributed by atoms with E-state index in [1.165, 1.54) is 0 Å². The molecule has 0 unspecified atom stereocenters. The molecular formula is C15H21N3O2. The lowest BCUT2D eigenvalue weighted by Crippen LogP contribution is -2.41. The van der Waals surface area contributed by atoms with E-state index >= 15 is 0 Å². The van der Waals surface area contributed by atoms with Gasteiger partial charge in [-0.3, -0.25) is 9.78 Å². The maximum atomic E-state index is 12.6. The number of ether oxygens (including phenoxy) is 1. The van der Waals surface area contributed by atoms with Crippen LogP contribution in [0.3, 0.4) is 0 Å². The first-order valence-corrected chi connectivity index (χ1v) is 7.31. The number of carbonyl (C=O) groups is 1. The van der Waals surface area contributed by atoms with E-state index in [0.29, 0.717) is 19.7 Å². The molecule has 0 bridgehead atoms. The van der Waals surface area contributed by atoms with Crippen molar-refractivity contribution in [3.63, 3.8) is 0 Å². The number of piperidine rings is 1. The molecule has 1 N–H and O–H groups in total. The summed E-state index contributed by atoms with van der Waals surface area (Å²) in [6, 6.07) is 0. The number of pyridine rings is 1. The molecule has 1 amide bonds. The molecule has 0 saturated carbocycles. The molecule has 1 aromatic heterocycles. The minimum Gasteiger partial charge on any atom is -0.491 e. The van der Waals surface area contributed by atoms with Crippen molar-refractivity contribution < 1.29 is 9.53 Å². The fourth-order valence-electron chi connectivity index (χ4n) is 2.99. The summed E-state index contributed by atoms with van der Waals surface area (Å²) in [7, 11) is 0. The first-order valence-electron chi connectivity index (χ1n) is 7.31. The monoisotopic (exact) mass is 275 g/mol. The normalized spacial score (nSPS) is 19.9. The predicted octanol–water partition coefficient (Wildman–Crippen LogP) is 1.11. The quantitative estimate of drug-likeness (QED) is 0.834. The third-order valence-corrected chi connectivity index (χ3v) is 4.12. The number of hydrogen-bond donors (Lipinski definition) is 1. The first-order chi connectivity index (χ1) is 9.75. The van der Waals surface area contributed by atoms with Gasteiger partial charge in [0.25, 0.3) is 0 Å². The summed E-state index contributed by atoms with van der Waals surface area (Å²) in [5, 5.41) is 3.30. The highest BCUT2D eigenvalue weighted by molar-refractivity contribution is 5.79. The number of aryl methyl sites for hydroxylation is 1. The number of nitrogens with one attached hydrogen (secondary N) is 1. The Labute approximate surface area is 119 Å². The SMILES string of the molecule is Cc1cncc2c1OCCN(C(=O)C1CCNCC1)C2. The number of hydrogen-bond acceptors (Lipinski definition) is 4. The Morgan fingerprint density at radius 2 is 2.20 bits per heavy atom. The second-order valence-electron chi connectivity index (χ2n) is 5.58. The van der Waals surface area contributed by atoms with E-state index in [2.05, 4.69) is 10.3 Å². The van der Waals surface area contributed by atoms with Crippen LogP contribution in [0.2, 0.25) is 0 Å². The molecule has 3 rings (SSSR count). The van der Waals surface area contributed by atoms with Crippen molar-refractivity contribution in [2.24, 2.45) is 5.92 Å². The Balaban J connectivity index is 1.76. The summed E-state index contributed by atoms with van der Waals surface area (Å²) in [5.41, 5.74) is 2.06. The molecule has 2 aliphatic rings. The smallest absolute Gasteiger partial charge is 0.226 e. The second kappa shape index (κ2) is 5.79. The van der Waals surface area contributed by atoms with Gasteiger partial charge in [0.15, 0.2) is 0 Å². The van der Waals surface area contributed by atoms with Crippen LogP contribution in [0, 0.1) is 12.8 Å². The van der Waals surface area contributed by atoms with Crippen molar-refractivity contribution >= 4 is 5.91 Å². The van der Waals surface area contributed by atoms with E-state index in [-0.39, 0.29) is 11.8 Å². The van der Waals surface area contributed by atoms with Crippen LogP contribution in [-0.4, -0.2) is 42.0 Å². The minimum atomic E-state index is 0.163. The van der Waals surface area contributed by atoms with Crippen molar-refractivity contribution in [2.75, 3.05) is 26.2 Å². The lowest BCUT2D eigenvalue weighted by molar-refractivity contribution is -0.137. The zero-order chi connectivity index (χ0) is 13.9. The molecule has 0 atom stereocenters. The average Bonchev–Trinajstić information content (AvgIpc) is 2.71. The topological polar surface area (TPSA) is 54.5 Å². The van der Waals surface area contributed by atoms with Crippen LogP contribution < -0.4 is 10.1 Å². The maximum Gasteiger partial charge on any atom is 0.226 e. The molecule has 20 heavy (non-hydrogen) atoms. The summed E-state index contributed by atoms with van der Waals surface area (Å²) in [6.07, 6.45) is 5.50. The molecule has 2 aliphatic heterocycles. The Morgan fingerprint density at radius 1 is 1.40 bits per heavy atom. The minimum absolute atomic E-state index is 0.163. The predicted molar refractivity (Wildman–Crippen MR) is 75.5 cm³/mol. The van der Waals surface area contributed by atoms with Crippen LogP contribution >= 0.6 is 0 Å². The summed E-state index contributed by atoms with van der Waals surface area (Å²) in [6.45, 7) is 5.73. The number of rotatable bonds is 1. The fraction of sp³-hybridized carbons (Fsp3) is 0.600. The van der Waals surface area contributed by atoms with Gasteiger partial charge in [-0.15, -0.1) is 0 Å². The molecule has 0 radical (unpaired) electrons. The highest BCUT2D eigenvalue weighted by atomic mass is 16.5. The van der Waals surface area contributed by atoms with Crippen molar-refractivity contribution in [3.8, 4) is 5.75 Å². The number of amides is 1. The summed E-state index contributed by atoms with van der Waals surface area (Å²) >= 11 is 0. The largest absolute Gasteiger partial charge is 0.491 e. The highest BCUT2D eigenvalue weighted by Gasteiger charge is 2.28. The molecule has 0 aromatic carbocycles. The van der Waals surface area contributed by atoms with Crippen LogP contribution in [0.5, 0.6) is 5.75 Å². The van der Waals surface area contributed by atoms with Crippen LogP contribution in [-0.2, 0) is 11.3 Å². The van der Waals surface area contributed by atoms with Crippen molar-refractivity contribution in [1.82, 2.24) is 15.2 Å². The van der Waals surface area contributed by atoms with Crippen molar-refractivity contribution in [2.45, 2.75) is 26.3 Å². The van der Waals surface area contributed by atoms with Gasteiger partial charge >= 0.3 is 0 Å². The third-order valence-electron chi connectivity index (χ3n) is 4.12. The molecular weight excluding hydrogens is 254 g/mol. The van der Waals surface area contributed by atoms with E-state index in [0.717, 1.165) is 42.8 Å². The van der Waals surface area contributed by atoms with Gasteiger partial charge in [-0.2, -0.15) is 0 Å². The Kier molecular flexibility index (Phi) is 3.87. The van der Waals surface area contributed by atoms with Gasteiger partial charge < -0.3 is 15.0 Å². The third kappa shape index (κ3) is 2.63. The van der Waals surface area contributed by atoms with Gasteiger partial charge in [-0.1, -0.05) is 0 Å². The number of nitrogens with zero attached hydrogens (tertiary/aromatic N) is 2. The van der Waals surface area contributed by atoms with Crippen LogP contribution in [0.15, 0.2) is 12.4 Å². The molecule has 0 spiro atoms. The summed E-state index contributed by atoms with van der Waals surface area (Å²) < 4.78 is 5.80. The lowest BCUT2D eigenvalue weighted by atomic mass is 9.96. The Morgan fingerprint density at radius 3 is 3.00 bits per heavy atom. The van der Waals surface area contributed by atoms with E-state index in [4.69, 9.17) is 4.74 Å². The van der Waals surface area contributed by atoms with Crippen LogP contribution in [0.1, 0.15) is 24.0 Å². The van der Waals surface area contributed by atoms with Gasteiger partial charge in [0.2, 0.25) is 5.91 Å². The fourth-order valence-corrected chi connectivity index (χ4v) is 2.99. The van der Waals surface area contributed by atoms with Crippen LogP contribution in [0.25, 0.3) is 0 Å². The molecule has 1 fully saturated rings. The highest BCUT2D eigenvalue weighted by Crippen LogP contribution is 2.27. The standard InChI is InChI=1S/C15H21N3O2/c1-11-8-17-9-13-10-18(6-7-20-14(11)13)15(19)12-2-4-16-5-3-12/h8-9,12,16H,2-7,10H2,1H3. The van der Waals surface area contributed by atoms with E-state index in [1.54, 1.807) is 0 Å². The number of aromatic nitrogens is 1. The van der Waals surface area contributed by atoms with Crippen LogP contribution in [0.4, 0.5) is 0 Å². The van der Waals surface area contributed by atoms with E-state index in [9.17, 15) is 4.79 Å². The van der Waals surface area contributed by atoms with E-state index in [1.807, 2.05) is 24.2 Å². The summed E-state index contributed by atoms with van der Waals surface area (Å²) in [5.74, 6) is 1.33. The maximum absolute atomic E-state index is 12.6. The molecule has 108 valence electrons. The first kappa shape index (κ1) is 13.4. The van der Waals surface area contributed by atoms with Gasteiger partial charge in [0.1, 0.15) is 12.4 Å². The van der Waals surface area contributed by atoms with Crippen molar-refractivity contribution in [1.29, 1.82) is 0 Å². The second-order valence-corrected chi connectivity index (χ2v) is 5.58. The number of fused-ring (bicyclic) bond motifs is 1. The zero-order valence-corrected chi connectivity index (χ0v) is 11.9. The Bertz CT molecular complexity index is 498. The molecule has 5 heteroatoms. The summed E-state index contributed by atoms with van der Waals surface area (Å²) in [4.78, 5) is 18.8. The average molecular weight is 275 g/mol. The van der Waals surface area contributed by atoms with Crippen molar-refractivity contribution in [3.05, 3.63) is 23.5 Å². The molecule has 5 nitrogen and oxygen atoms in total. The van der Waals surface area contributed by atoms with Gasteiger partial charge in [0.05, 0.1) is 13.1 Å². The van der Waals surface area contributed by atoms with Gasteiger partial charge in [0, 0.05) is 29.4 Å². The molecule has 1 saturated heterocycles. The zero-order valence-electron chi connectivity index (χ0n) is 11.9. The number of carbonyl (C=O) groups excluding carboxylic acids is 1. The van der Waals surface area contributed by atoms with Gasteiger partial charge in [-0.25, -0.2) is 0 Å². The molecule has 1 aromatic rings. The molecule has 3 heterocycles. The lowest BCUT2D eigenvalue weighted by Gasteiger charge is -2.28. The van der Waals surface area contributed by atoms with E-state index < -0.39 is 0 Å².